The minimum Gasteiger partial charge on any atom is -0.687 e. The molecule has 2 fully saturated rings. The summed E-state index contributed by atoms with van der Waals surface area (Å²) in [6.07, 6.45) is 16.0. The Hall–Kier alpha value is -0.892. The van der Waals surface area contributed by atoms with E-state index < -0.39 is 0 Å². The molecular formula is C23H33N3Pt-2. The van der Waals surface area contributed by atoms with Crippen LogP contribution in [0, 0.1) is 6.07 Å². The number of allylic oxidation sites excluding steroid dienone is 2. The maximum absolute atomic E-state index is 3.91. The molecule has 0 radical (unpaired) electrons. The van der Waals surface area contributed by atoms with Gasteiger partial charge in [-0.2, -0.15) is 30.5 Å². The van der Waals surface area contributed by atoms with Gasteiger partial charge in [-0.15, -0.1) is 23.7 Å². The van der Waals surface area contributed by atoms with Crippen LogP contribution in [0.2, 0.25) is 0 Å². The number of piperidine rings is 2. The molecular weight excluding hydrogens is 513 g/mol. The van der Waals surface area contributed by atoms with Gasteiger partial charge in [0, 0.05) is 34.2 Å². The molecule has 3 heterocycles. The van der Waals surface area contributed by atoms with Gasteiger partial charge >= 0.3 is 0 Å². The summed E-state index contributed by atoms with van der Waals surface area (Å²) in [4.78, 5) is 5.17. The SMILES string of the molecule is C1=CC[N-]C=C1.[Pt].[c-]1c(CN2CCCCC2)cccc1CN1CCCCC1. The summed E-state index contributed by atoms with van der Waals surface area (Å²) < 4.78 is 0. The van der Waals surface area contributed by atoms with E-state index in [0.29, 0.717) is 0 Å². The second kappa shape index (κ2) is 13.3. The van der Waals surface area contributed by atoms with E-state index in [4.69, 9.17) is 0 Å². The first-order valence-electron chi connectivity index (χ1n) is 10.3. The van der Waals surface area contributed by atoms with Gasteiger partial charge in [0.05, 0.1) is 0 Å². The zero-order chi connectivity index (χ0) is 17.9. The first-order chi connectivity index (χ1) is 12.9. The van der Waals surface area contributed by atoms with Crippen molar-refractivity contribution >= 4 is 0 Å². The zero-order valence-corrected chi connectivity index (χ0v) is 18.7. The van der Waals surface area contributed by atoms with Gasteiger partial charge in [0.25, 0.3) is 0 Å². The third kappa shape index (κ3) is 8.77. The Labute approximate surface area is 180 Å². The maximum Gasteiger partial charge on any atom is 0.000741 e. The summed E-state index contributed by atoms with van der Waals surface area (Å²) in [5, 5.41) is 3.91. The van der Waals surface area contributed by atoms with Crippen molar-refractivity contribution in [2.75, 3.05) is 32.7 Å². The van der Waals surface area contributed by atoms with Crippen molar-refractivity contribution in [1.82, 2.24) is 9.80 Å². The fourth-order valence-electron chi connectivity index (χ4n) is 3.84. The van der Waals surface area contributed by atoms with Crippen molar-refractivity contribution < 1.29 is 21.1 Å². The molecule has 0 aromatic heterocycles. The van der Waals surface area contributed by atoms with Crippen LogP contribution in [0.4, 0.5) is 0 Å². The Morgan fingerprint density at radius 1 is 0.778 bits per heavy atom. The number of likely N-dealkylation sites (tertiary alicyclic amines) is 2. The molecule has 0 bridgehead atoms. The number of hydrogen-bond acceptors (Lipinski definition) is 2. The molecule has 3 nitrogen and oxygen atoms in total. The van der Waals surface area contributed by atoms with Gasteiger partial charge in [0.1, 0.15) is 0 Å². The van der Waals surface area contributed by atoms with Crippen molar-refractivity contribution in [1.29, 1.82) is 0 Å². The Balaban J connectivity index is 0.000000320. The number of hydrogen-bond donors (Lipinski definition) is 0. The molecule has 0 unspecified atom stereocenters. The molecule has 4 rings (SSSR count). The van der Waals surface area contributed by atoms with Crippen LogP contribution >= 0.6 is 0 Å². The molecule has 3 aliphatic rings. The van der Waals surface area contributed by atoms with Crippen LogP contribution in [-0.4, -0.2) is 42.5 Å². The van der Waals surface area contributed by atoms with Gasteiger partial charge in [-0.25, -0.2) is 0 Å². The minimum absolute atomic E-state index is 0. The van der Waals surface area contributed by atoms with Crippen molar-refractivity contribution in [3.63, 3.8) is 0 Å². The van der Waals surface area contributed by atoms with Crippen LogP contribution in [0.3, 0.4) is 0 Å². The summed E-state index contributed by atoms with van der Waals surface area (Å²) in [7, 11) is 0. The van der Waals surface area contributed by atoms with Crippen molar-refractivity contribution in [2.45, 2.75) is 51.6 Å². The van der Waals surface area contributed by atoms with E-state index in [1.165, 1.54) is 75.8 Å². The standard InChI is InChI=1S/C18H27N2.C5H6N.Pt/c1-3-10-19(11-4-1)15-17-8-7-9-18(14-17)16-20-12-5-2-6-13-20;1-2-4-6-5-3-1;/h7-9H,1-6,10-13,15-16H2;1-4H,5H2;/q2*-1;. The maximum atomic E-state index is 3.91. The third-order valence-corrected chi connectivity index (χ3v) is 5.25. The van der Waals surface area contributed by atoms with Crippen LogP contribution in [0.1, 0.15) is 49.7 Å². The Kier molecular flexibility index (Phi) is 11.0. The van der Waals surface area contributed by atoms with E-state index in [1.54, 1.807) is 6.20 Å². The molecule has 1 aromatic carbocycles. The van der Waals surface area contributed by atoms with Crippen LogP contribution in [-0.2, 0) is 34.2 Å². The zero-order valence-electron chi connectivity index (χ0n) is 16.4. The second-order valence-electron chi connectivity index (χ2n) is 7.51. The molecule has 0 aliphatic carbocycles. The number of rotatable bonds is 4. The van der Waals surface area contributed by atoms with Gasteiger partial charge in [0.15, 0.2) is 0 Å². The van der Waals surface area contributed by atoms with E-state index in [-0.39, 0.29) is 21.1 Å². The van der Waals surface area contributed by atoms with E-state index >= 15 is 0 Å². The van der Waals surface area contributed by atoms with Gasteiger partial charge in [-0.1, -0.05) is 25.0 Å². The van der Waals surface area contributed by atoms with Gasteiger partial charge in [-0.3, -0.25) is 0 Å². The van der Waals surface area contributed by atoms with E-state index in [1.807, 2.05) is 18.2 Å². The Morgan fingerprint density at radius 2 is 1.33 bits per heavy atom. The Bertz CT molecular complexity index is 525. The smallest absolute Gasteiger partial charge is 0.000741 e. The molecule has 0 atom stereocenters. The van der Waals surface area contributed by atoms with E-state index in [9.17, 15) is 0 Å². The predicted molar refractivity (Wildman–Crippen MR) is 110 cm³/mol. The van der Waals surface area contributed by atoms with Gasteiger partial charge in [-0.05, 0) is 51.9 Å². The van der Waals surface area contributed by atoms with Gasteiger partial charge in [0.2, 0.25) is 0 Å². The molecule has 0 amide bonds. The van der Waals surface area contributed by atoms with E-state index in [2.05, 4.69) is 39.4 Å². The average Bonchev–Trinajstić information content (AvgIpc) is 2.72. The van der Waals surface area contributed by atoms with Crippen LogP contribution in [0.25, 0.3) is 5.32 Å². The van der Waals surface area contributed by atoms with Crippen LogP contribution in [0.15, 0.2) is 42.6 Å². The van der Waals surface area contributed by atoms with Crippen molar-refractivity contribution in [2.24, 2.45) is 0 Å². The summed E-state index contributed by atoms with van der Waals surface area (Å²) in [6, 6.07) is 10.4. The molecule has 152 valence electrons. The fourth-order valence-corrected chi connectivity index (χ4v) is 3.84. The van der Waals surface area contributed by atoms with Crippen LogP contribution < -0.4 is 0 Å². The fraction of sp³-hybridized carbons (Fsp3) is 0.565. The molecule has 0 saturated carbocycles. The Morgan fingerprint density at radius 3 is 1.70 bits per heavy atom. The summed E-state index contributed by atoms with van der Waals surface area (Å²) >= 11 is 0. The normalized spacial score (nSPS) is 20.1. The van der Waals surface area contributed by atoms with E-state index in [0.717, 1.165) is 19.6 Å². The number of nitrogens with zero attached hydrogens (tertiary/aromatic N) is 3. The minimum atomic E-state index is 0. The third-order valence-electron chi connectivity index (χ3n) is 5.25. The second-order valence-corrected chi connectivity index (χ2v) is 7.51. The first kappa shape index (κ1) is 22.4. The molecule has 0 spiro atoms. The molecule has 1 aromatic rings. The molecule has 0 N–H and O–H groups in total. The number of benzene rings is 1. The van der Waals surface area contributed by atoms with Crippen LogP contribution in [0.5, 0.6) is 0 Å². The average molecular weight is 547 g/mol. The molecule has 4 heteroatoms. The summed E-state index contributed by atoms with van der Waals surface area (Å²) in [6.45, 7) is 8.11. The summed E-state index contributed by atoms with van der Waals surface area (Å²) in [5.74, 6) is 0. The van der Waals surface area contributed by atoms with Crippen molar-refractivity contribution in [3.05, 3.63) is 65.1 Å². The first-order valence-corrected chi connectivity index (χ1v) is 10.3. The topological polar surface area (TPSA) is 20.6 Å². The predicted octanol–water partition coefficient (Wildman–Crippen LogP) is 4.90. The van der Waals surface area contributed by atoms with Crippen molar-refractivity contribution in [3.8, 4) is 0 Å². The molecule has 27 heavy (non-hydrogen) atoms. The van der Waals surface area contributed by atoms with Gasteiger partial charge < -0.3 is 15.1 Å². The quantitative estimate of drug-likeness (QED) is 0.501. The molecule has 3 aliphatic heterocycles. The molecule has 2 saturated heterocycles. The monoisotopic (exact) mass is 546 g/mol. The summed E-state index contributed by atoms with van der Waals surface area (Å²) in [5.41, 5.74) is 2.75. The largest absolute Gasteiger partial charge is 0.687 e.